The zero-order valence-electron chi connectivity index (χ0n) is 17.0. The highest BCUT2D eigenvalue weighted by molar-refractivity contribution is 5.98. The molecule has 3 aromatic carbocycles. The predicted molar refractivity (Wildman–Crippen MR) is 118 cm³/mol. The maximum absolute atomic E-state index is 13.0. The Morgan fingerprint density at radius 2 is 1.80 bits per heavy atom. The van der Waals surface area contributed by atoms with Crippen LogP contribution in [0.4, 0.5) is 0 Å². The van der Waals surface area contributed by atoms with E-state index >= 15 is 0 Å². The molecule has 4 aromatic rings. The van der Waals surface area contributed by atoms with E-state index in [1.807, 2.05) is 59.5 Å². The molecule has 0 bridgehead atoms. The Kier molecular flexibility index (Phi) is 4.85. The summed E-state index contributed by atoms with van der Waals surface area (Å²) in [6.07, 6.45) is 0. The average Bonchev–Trinajstić information content (AvgIpc) is 3.20. The molecule has 1 aliphatic rings. The van der Waals surface area contributed by atoms with Crippen LogP contribution in [0.2, 0.25) is 0 Å². The first kappa shape index (κ1) is 18.6. The molecule has 1 N–H and O–H groups in total. The van der Waals surface area contributed by atoms with E-state index in [2.05, 4.69) is 20.9 Å². The third kappa shape index (κ3) is 3.62. The molecule has 30 heavy (non-hydrogen) atoms. The molecule has 0 spiro atoms. The molecule has 1 fully saturated rings. The van der Waals surface area contributed by atoms with E-state index in [1.165, 1.54) is 0 Å². The number of aromatic nitrogens is 2. The molecule has 2 heterocycles. The van der Waals surface area contributed by atoms with Gasteiger partial charge in [-0.1, -0.05) is 30.3 Å². The van der Waals surface area contributed by atoms with Gasteiger partial charge in [0.05, 0.1) is 24.7 Å². The first-order chi connectivity index (χ1) is 14.7. The van der Waals surface area contributed by atoms with Crippen LogP contribution < -0.4 is 4.74 Å². The maximum Gasteiger partial charge on any atom is 0.253 e. The van der Waals surface area contributed by atoms with Crippen molar-refractivity contribution in [3.63, 3.8) is 0 Å². The van der Waals surface area contributed by atoms with Gasteiger partial charge >= 0.3 is 0 Å². The van der Waals surface area contributed by atoms with Crippen LogP contribution in [-0.2, 0) is 6.54 Å². The Morgan fingerprint density at radius 3 is 2.60 bits per heavy atom. The maximum atomic E-state index is 13.0. The van der Waals surface area contributed by atoms with Gasteiger partial charge in [0.2, 0.25) is 0 Å². The Balaban J connectivity index is 1.23. The molecule has 6 nitrogen and oxygen atoms in total. The number of carbonyl (C=O) groups excluding carboxylic acids is 1. The van der Waals surface area contributed by atoms with Crippen molar-refractivity contribution in [1.82, 2.24) is 19.8 Å². The summed E-state index contributed by atoms with van der Waals surface area (Å²) >= 11 is 0. The van der Waals surface area contributed by atoms with Gasteiger partial charge in [0.1, 0.15) is 11.6 Å². The van der Waals surface area contributed by atoms with Gasteiger partial charge in [-0.25, -0.2) is 4.98 Å². The zero-order chi connectivity index (χ0) is 20.5. The summed E-state index contributed by atoms with van der Waals surface area (Å²) in [5.41, 5.74) is 2.68. The second-order valence-corrected chi connectivity index (χ2v) is 7.70. The molecule has 1 aromatic heterocycles. The predicted octanol–water partition coefficient (Wildman–Crippen LogP) is 3.68. The number of nitrogens with one attached hydrogen (secondary N) is 1. The lowest BCUT2D eigenvalue weighted by atomic mass is 10.1. The van der Waals surface area contributed by atoms with Gasteiger partial charge in [-0.3, -0.25) is 9.69 Å². The number of hydrogen-bond acceptors (Lipinski definition) is 4. The number of amides is 1. The number of piperazine rings is 1. The summed E-state index contributed by atoms with van der Waals surface area (Å²) in [7, 11) is 1.66. The largest absolute Gasteiger partial charge is 0.497 e. The van der Waals surface area contributed by atoms with E-state index in [4.69, 9.17) is 4.74 Å². The molecule has 1 aliphatic heterocycles. The Labute approximate surface area is 175 Å². The summed E-state index contributed by atoms with van der Waals surface area (Å²) < 4.78 is 5.28. The normalized spacial score (nSPS) is 15.0. The number of nitrogens with zero attached hydrogens (tertiary/aromatic N) is 3. The number of H-pyrrole nitrogens is 1. The molecular weight excluding hydrogens is 376 g/mol. The van der Waals surface area contributed by atoms with Crippen molar-refractivity contribution in [2.45, 2.75) is 6.54 Å². The number of hydrogen-bond donors (Lipinski definition) is 1. The van der Waals surface area contributed by atoms with Gasteiger partial charge in [0, 0.05) is 37.8 Å². The zero-order valence-corrected chi connectivity index (χ0v) is 17.0. The first-order valence-corrected chi connectivity index (χ1v) is 10.2. The SMILES string of the molecule is COc1ccc2nc(CN3CCN(C(=O)c4ccc5ccccc5c4)CC3)[nH]c2c1. The highest BCUT2D eigenvalue weighted by atomic mass is 16.5. The fourth-order valence-corrected chi connectivity index (χ4v) is 4.07. The number of fused-ring (bicyclic) bond motifs is 2. The Morgan fingerprint density at radius 1 is 1.00 bits per heavy atom. The minimum absolute atomic E-state index is 0.108. The standard InChI is InChI=1S/C24H24N4O2/c1-30-20-8-9-21-22(15-20)26-23(25-21)16-27-10-12-28(13-11-27)24(29)19-7-6-17-4-2-3-5-18(17)14-19/h2-9,14-15H,10-13,16H2,1H3,(H,25,26). The number of methoxy groups -OCH3 is 1. The van der Waals surface area contributed by atoms with Crippen LogP contribution in [0.25, 0.3) is 21.8 Å². The monoisotopic (exact) mass is 400 g/mol. The lowest BCUT2D eigenvalue weighted by molar-refractivity contribution is 0.0626. The second-order valence-electron chi connectivity index (χ2n) is 7.70. The van der Waals surface area contributed by atoms with E-state index in [-0.39, 0.29) is 5.91 Å². The van der Waals surface area contributed by atoms with Crippen LogP contribution in [0.3, 0.4) is 0 Å². The molecular formula is C24H24N4O2. The number of carbonyl (C=O) groups is 1. The fourth-order valence-electron chi connectivity index (χ4n) is 4.07. The second kappa shape index (κ2) is 7.80. The molecule has 0 radical (unpaired) electrons. The van der Waals surface area contributed by atoms with E-state index < -0.39 is 0 Å². The number of ether oxygens (including phenoxy) is 1. The summed E-state index contributed by atoms with van der Waals surface area (Å²) in [5, 5.41) is 2.26. The van der Waals surface area contributed by atoms with Gasteiger partial charge in [0.25, 0.3) is 5.91 Å². The first-order valence-electron chi connectivity index (χ1n) is 10.2. The Hall–Kier alpha value is -3.38. The molecule has 0 saturated carbocycles. The lowest BCUT2D eigenvalue weighted by Gasteiger charge is -2.34. The average molecular weight is 400 g/mol. The van der Waals surface area contributed by atoms with Crippen molar-refractivity contribution < 1.29 is 9.53 Å². The van der Waals surface area contributed by atoms with Crippen molar-refractivity contribution in [1.29, 1.82) is 0 Å². The molecule has 1 amide bonds. The summed E-state index contributed by atoms with van der Waals surface area (Å²) in [6.45, 7) is 3.85. The third-order valence-corrected chi connectivity index (χ3v) is 5.77. The molecule has 0 aliphatic carbocycles. The highest BCUT2D eigenvalue weighted by Gasteiger charge is 2.23. The molecule has 0 unspecified atom stereocenters. The number of aromatic amines is 1. The smallest absolute Gasteiger partial charge is 0.253 e. The van der Waals surface area contributed by atoms with E-state index in [0.29, 0.717) is 0 Å². The fraction of sp³-hybridized carbons (Fsp3) is 0.250. The number of benzene rings is 3. The number of rotatable bonds is 4. The summed E-state index contributed by atoms with van der Waals surface area (Å²) in [4.78, 5) is 25.3. The van der Waals surface area contributed by atoms with Crippen molar-refractivity contribution in [2.75, 3.05) is 33.3 Å². The van der Waals surface area contributed by atoms with Crippen LogP contribution >= 0.6 is 0 Å². The summed E-state index contributed by atoms with van der Waals surface area (Å²) in [6, 6.07) is 19.9. The van der Waals surface area contributed by atoms with Gasteiger partial charge in [-0.05, 0) is 35.0 Å². The Bertz CT molecular complexity index is 1210. The van der Waals surface area contributed by atoms with E-state index in [1.54, 1.807) is 7.11 Å². The van der Waals surface area contributed by atoms with Crippen molar-refractivity contribution in [2.24, 2.45) is 0 Å². The number of imidazole rings is 1. The molecule has 0 atom stereocenters. The van der Waals surface area contributed by atoms with Gasteiger partial charge < -0.3 is 14.6 Å². The van der Waals surface area contributed by atoms with E-state index in [9.17, 15) is 4.79 Å². The molecule has 1 saturated heterocycles. The topological polar surface area (TPSA) is 61.5 Å². The van der Waals surface area contributed by atoms with E-state index in [0.717, 1.165) is 71.7 Å². The third-order valence-electron chi connectivity index (χ3n) is 5.77. The van der Waals surface area contributed by atoms with Crippen molar-refractivity contribution in [3.8, 4) is 5.75 Å². The molecule has 6 heteroatoms. The van der Waals surface area contributed by atoms with Gasteiger partial charge in [0.15, 0.2) is 0 Å². The molecule has 5 rings (SSSR count). The van der Waals surface area contributed by atoms with Crippen LogP contribution in [0.5, 0.6) is 5.75 Å². The van der Waals surface area contributed by atoms with Crippen LogP contribution in [0.15, 0.2) is 60.7 Å². The molecule has 152 valence electrons. The lowest BCUT2D eigenvalue weighted by Crippen LogP contribution is -2.48. The van der Waals surface area contributed by atoms with Crippen LogP contribution in [-0.4, -0.2) is 59.0 Å². The minimum atomic E-state index is 0.108. The van der Waals surface area contributed by atoms with Crippen molar-refractivity contribution in [3.05, 3.63) is 72.1 Å². The summed E-state index contributed by atoms with van der Waals surface area (Å²) in [5.74, 6) is 1.86. The quantitative estimate of drug-likeness (QED) is 0.568. The van der Waals surface area contributed by atoms with Crippen LogP contribution in [0, 0.1) is 0 Å². The van der Waals surface area contributed by atoms with Gasteiger partial charge in [-0.2, -0.15) is 0 Å². The van der Waals surface area contributed by atoms with Crippen LogP contribution in [0.1, 0.15) is 16.2 Å². The highest BCUT2D eigenvalue weighted by Crippen LogP contribution is 2.20. The van der Waals surface area contributed by atoms with Gasteiger partial charge in [-0.15, -0.1) is 0 Å². The minimum Gasteiger partial charge on any atom is -0.497 e. The van der Waals surface area contributed by atoms with Crippen molar-refractivity contribution >= 4 is 27.7 Å².